The van der Waals surface area contributed by atoms with Crippen LogP contribution in [0.2, 0.25) is 0 Å². The quantitative estimate of drug-likeness (QED) is 0.764. The van der Waals surface area contributed by atoms with E-state index in [0.717, 1.165) is 6.42 Å². The topological polar surface area (TPSA) is 80.0 Å². The summed E-state index contributed by atoms with van der Waals surface area (Å²) in [6, 6.07) is 1.42. The number of amides is 2. The van der Waals surface area contributed by atoms with Crippen LogP contribution in [0.5, 0.6) is 0 Å². The van der Waals surface area contributed by atoms with Crippen molar-refractivity contribution in [2.45, 2.75) is 58.1 Å². The zero-order chi connectivity index (χ0) is 21.5. The van der Waals surface area contributed by atoms with Crippen molar-refractivity contribution in [3.63, 3.8) is 0 Å². The molecule has 2 saturated heterocycles. The van der Waals surface area contributed by atoms with Gasteiger partial charge in [0, 0.05) is 37.3 Å². The van der Waals surface area contributed by atoms with Gasteiger partial charge in [0.2, 0.25) is 5.91 Å². The Bertz CT molecular complexity index is 954. The van der Waals surface area contributed by atoms with Crippen LogP contribution in [0, 0.1) is 11.7 Å². The number of nitrogens with zero attached hydrogens (tertiary/aromatic N) is 5. The van der Waals surface area contributed by atoms with Crippen LogP contribution in [0.25, 0.3) is 5.65 Å². The fourth-order valence-corrected chi connectivity index (χ4v) is 4.42. The van der Waals surface area contributed by atoms with Crippen LogP contribution in [0.15, 0.2) is 18.6 Å². The maximum Gasteiger partial charge on any atom is 0.410 e. The van der Waals surface area contributed by atoms with Gasteiger partial charge in [-0.15, -0.1) is 0 Å². The Kier molecular flexibility index (Phi) is 5.38. The third-order valence-electron chi connectivity index (χ3n) is 5.80. The average Bonchev–Trinajstić information content (AvgIpc) is 3.27. The normalized spacial score (nSPS) is 21.9. The Morgan fingerprint density at radius 1 is 1.33 bits per heavy atom. The van der Waals surface area contributed by atoms with Gasteiger partial charge >= 0.3 is 6.09 Å². The molecule has 2 aliphatic heterocycles. The molecule has 30 heavy (non-hydrogen) atoms. The van der Waals surface area contributed by atoms with Crippen LogP contribution in [0.3, 0.4) is 0 Å². The fourth-order valence-electron chi connectivity index (χ4n) is 4.42. The number of ether oxygens (including phenoxy) is 1. The number of rotatable bonds is 4. The van der Waals surface area contributed by atoms with E-state index in [-0.39, 0.29) is 29.8 Å². The number of hydrogen-bond donors (Lipinski definition) is 0. The smallest absolute Gasteiger partial charge is 0.410 e. The molecule has 0 spiro atoms. The molecule has 4 heterocycles. The first-order valence-electron chi connectivity index (χ1n) is 10.5. The number of carbonyl (C=O) groups excluding carboxylic acids is 2. The monoisotopic (exact) mass is 417 g/mol. The molecule has 0 N–H and O–H groups in total. The van der Waals surface area contributed by atoms with Crippen LogP contribution in [0.1, 0.15) is 45.6 Å². The summed E-state index contributed by atoms with van der Waals surface area (Å²) >= 11 is 0. The SMILES string of the molecule is CC(C)(C)OC(=O)N1CCN2C(=O)[C@@H](CCCc3c(F)ccn4ncnc34)C[C@H]2C1. The first-order valence-corrected chi connectivity index (χ1v) is 10.5. The summed E-state index contributed by atoms with van der Waals surface area (Å²) in [5, 5.41) is 4.05. The third-order valence-corrected chi connectivity index (χ3v) is 5.80. The van der Waals surface area contributed by atoms with Crippen LogP contribution in [0.4, 0.5) is 9.18 Å². The third kappa shape index (κ3) is 4.11. The zero-order valence-electron chi connectivity index (χ0n) is 17.7. The van der Waals surface area contributed by atoms with Crippen molar-refractivity contribution in [3.05, 3.63) is 30.0 Å². The lowest BCUT2D eigenvalue weighted by Crippen LogP contribution is -2.54. The number of halogens is 1. The number of aromatic nitrogens is 3. The van der Waals surface area contributed by atoms with Gasteiger partial charge in [0.25, 0.3) is 0 Å². The van der Waals surface area contributed by atoms with Gasteiger partial charge in [0.1, 0.15) is 17.7 Å². The molecule has 0 aromatic carbocycles. The van der Waals surface area contributed by atoms with Gasteiger partial charge in [-0.1, -0.05) is 0 Å². The van der Waals surface area contributed by atoms with E-state index >= 15 is 0 Å². The van der Waals surface area contributed by atoms with Crippen molar-refractivity contribution in [1.29, 1.82) is 0 Å². The number of fused-ring (bicyclic) bond motifs is 2. The van der Waals surface area contributed by atoms with Gasteiger partial charge < -0.3 is 14.5 Å². The van der Waals surface area contributed by atoms with E-state index in [2.05, 4.69) is 10.1 Å². The number of pyridine rings is 1. The van der Waals surface area contributed by atoms with E-state index < -0.39 is 5.60 Å². The predicted octanol–water partition coefficient (Wildman–Crippen LogP) is 2.66. The van der Waals surface area contributed by atoms with Crippen LogP contribution >= 0.6 is 0 Å². The van der Waals surface area contributed by atoms with Crippen LogP contribution in [-0.2, 0) is 16.0 Å². The van der Waals surface area contributed by atoms with Crippen molar-refractivity contribution in [3.8, 4) is 0 Å². The molecule has 2 amide bonds. The molecule has 0 saturated carbocycles. The lowest BCUT2D eigenvalue weighted by molar-refractivity contribution is -0.133. The van der Waals surface area contributed by atoms with Crippen LogP contribution < -0.4 is 0 Å². The van der Waals surface area contributed by atoms with E-state index in [1.54, 1.807) is 15.6 Å². The largest absolute Gasteiger partial charge is 0.444 e. The number of aryl methyl sites for hydroxylation is 1. The second kappa shape index (κ2) is 7.85. The number of hydrogen-bond acceptors (Lipinski definition) is 5. The Balaban J connectivity index is 1.34. The molecule has 162 valence electrons. The predicted molar refractivity (Wildman–Crippen MR) is 107 cm³/mol. The van der Waals surface area contributed by atoms with Crippen molar-refractivity contribution in [2.24, 2.45) is 5.92 Å². The highest BCUT2D eigenvalue weighted by Gasteiger charge is 2.43. The van der Waals surface area contributed by atoms with Gasteiger partial charge in [0.05, 0.1) is 6.04 Å². The standard InChI is InChI=1S/C21H28FN5O3/c1-21(2,3)30-20(29)25-9-10-26-15(12-25)11-14(19(26)28)5-4-6-16-17(22)7-8-27-18(16)23-13-24-27/h7-8,13-15H,4-6,9-12H2,1-3H3/t14-,15-/m0/s1. The summed E-state index contributed by atoms with van der Waals surface area (Å²) in [6.45, 7) is 7.07. The molecule has 2 atom stereocenters. The molecule has 2 fully saturated rings. The second-order valence-corrected chi connectivity index (χ2v) is 9.11. The molecule has 0 unspecified atom stereocenters. The van der Waals surface area contributed by atoms with E-state index in [1.807, 2.05) is 25.7 Å². The van der Waals surface area contributed by atoms with Gasteiger partial charge in [-0.3, -0.25) is 4.79 Å². The Morgan fingerprint density at radius 3 is 2.90 bits per heavy atom. The highest BCUT2D eigenvalue weighted by Crippen LogP contribution is 2.32. The first-order chi connectivity index (χ1) is 14.2. The molecule has 8 nitrogen and oxygen atoms in total. The lowest BCUT2D eigenvalue weighted by Gasteiger charge is -2.38. The maximum atomic E-state index is 14.2. The van der Waals surface area contributed by atoms with Crippen molar-refractivity contribution in [1.82, 2.24) is 24.4 Å². The minimum Gasteiger partial charge on any atom is -0.444 e. The minimum absolute atomic E-state index is 0.0282. The maximum absolute atomic E-state index is 14.2. The summed E-state index contributed by atoms with van der Waals surface area (Å²) in [5.41, 5.74) is 0.525. The van der Waals surface area contributed by atoms with Gasteiger partial charge in [0.15, 0.2) is 5.65 Å². The highest BCUT2D eigenvalue weighted by molar-refractivity contribution is 5.82. The molecular weight excluding hydrogens is 389 g/mol. The van der Waals surface area contributed by atoms with E-state index in [9.17, 15) is 14.0 Å². The van der Waals surface area contributed by atoms with Gasteiger partial charge in [-0.05, 0) is 52.5 Å². The highest BCUT2D eigenvalue weighted by atomic mass is 19.1. The van der Waals surface area contributed by atoms with Gasteiger partial charge in [-0.25, -0.2) is 18.7 Å². The summed E-state index contributed by atoms with van der Waals surface area (Å²) in [5.74, 6) is -0.238. The summed E-state index contributed by atoms with van der Waals surface area (Å²) in [6.07, 6.45) is 5.24. The van der Waals surface area contributed by atoms with Crippen molar-refractivity contribution >= 4 is 17.6 Å². The molecule has 2 aliphatic rings. The summed E-state index contributed by atoms with van der Waals surface area (Å²) in [7, 11) is 0. The van der Waals surface area contributed by atoms with Crippen LogP contribution in [-0.4, -0.2) is 67.7 Å². The van der Waals surface area contributed by atoms with Gasteiger partial charge in [-0.2, -0.15) is 5.10 Å². The van der Waals surface area contributed by atoms with E-state index in [4.69, 9.17) is 4.74 Å². The molecule has 4 rings (SSSR count). The van der Waals surface area contributed by atoms with E-state index in [1.165, 1.54) is 12.4 Å². The minimum atomic E-state index is -0.537. The molecule has 9 heteroatoms. The molecule has 0 radical (unpaired) electrons. The lowest BCUT2D eigenvalue weighted by atomic mass is 9.96. The molecule has 2 aromatic heterocycles. The Labute approximate surface area is 175 Å². The fraction of sp³-hybridized carbons (Fsp3) is 0.619. The zero-order valence-corrected chi connectivity index (χ0v) is 17.7. The summed E-state index contributed by atoms with van der Waals surface area (Å²) < 4.78 is 21.3. The van der Waals surface area contributed by atoms with Crippen molar-refractivity contribution < 1.29 is 18.7 Å². The van der Waals surface area contributed by atoms with E-state index in [0.29, 0.717) is 50.1 Å². The average molecular weight is 417 g/mol. The Hall–Kier alpha value is -2.71. The number of carbonyl (C=O) groups is 2. The second-order valence-electron chi connectivity index (χ2n) is 9.11. The molecular formula is C21H28FN5O3. The molecule has 2 aromatic rings. The first kappa shape index (κ1) is 20.6. The summed E-state index contributed by atoms with van der Waals surface area (Å²) in [4.78, 5) is 32.9. The molecule has 0 bridgehead atoms. The van der Waals surface area contributed by atoms with Crippen molar-refractivity contribution in [2.75, 3.05) is 19.6 Å². The molecule has 0 aliphatic carbocycles. The Morgan fingerprint density at radius 2 is 2.13 bits per heavy atom. The number of piperazine rings is 1.